The first-order valence-corrected chi connectivity index (χ1v) is 5.03. The molecule has 1 rings (SSSR count). The Bertz CT molecular complexity index is 241. The lowest BCUT2D eigenvalue weighted by Crippen LogP contribution is -1.92. The molecule has 1 atom stereocenters. The first kappa shape index (κ1) is 13.0. The van der Waals surface area contributed by atoms with Gasteiger partial charge in [0.2, 0.25) is 0 Å². The zero-order chi connectivity index (χ0) is 9.68. The fourth-order valence-corrected chi connectivity index (χ4v) is 1.48. The third-order valence-corrected chi connectivity index (χ3v) is 2.45. The molecule has 1 aromatic carbocycles. The molecule has 0 saturated carbocycles. The summed E-state index contributed by atoms with van der Waals surface area (Å²) >= 11 is 0. The molecule has 0 amide bonds. The summed E-state index contributed by atoms with van der Waals surface area (Å²) in [4.78, 5) is 0. The third-order valence-electron chi connectivity index (χ3n) is 2.45. The monoisotopic (exact) mass is 196 g/mol. The SMILES string of the molecule is CCCCC(C)c1ccc(O)cc1.O. The fraction of sp³-hybridized carbons (Fsp3) is 0.500. The molecule has 0 heterocycles. The summed E-state index contributed by atoms with van der Waals surface area (Å²) in [6.07, 6.45) is 3.77. The van der Waals surface area contributed by atoms with Crippen LogP contribution < -0.4 is 0 Å². The molecule has 0 saturated heterocycles. The third kappa shape index (κ3) is 3.79. The van der Waals surface area contributed by atoms with Crippen LogP contribution in [-0.2, 0) is 0 Å². The number of hydrogen-bond donors (Lipinski definition) is 1. The Hall–Kier alpha value is -1.02. The molecule has 0 aliphatic heterocycles. The molecule has 1 aromatic rings. The van der Waals surface area contributed by atoms with Crippen LogP contribution in [0, 0.1) is 0 Å². The molecular formula is C12H20O2. The predicted molar refractivity (Wildman–Crippen MR) is 59.7 cm³/mol. The Labute approximate surface area is 85.9 Å². The quantitative estimate of drug-likeness (QED) is 0.791. The lowest BCUT2D eigenvalue weighted by molar-refractivity contribution is 0.474. The molecule has 0 radical (unpaired) electrons. The highest BCUT2D eigenvalue weighted by Crippen LogP contribution is 2.22. The van der Waals surface area contributed by atoms with Crippen molar-refractivity contribution in [3.05, 3.63) is 29.8 Å². The number of rotatable bonds is 4. The summed E-state index contributed by atoms with van der Waals surface area (Å²) in [5.41, 5.74) is 1.33. The van der Waals surface area contributed by atoms with Crippen molar-refractivity contribution in [2.24, 2.45) is 0 Å². The van der Waals surface area contributed by atoms with Crippen LogP contribution in [0.25, 0.3) is 0 Å². The molecule has 0 bridgehead atoms. The molecule has 0 aliphatic rings. The maximum Gasteiger partial charge on any atom is 0.115 e. The number of hydrogen-bond acceptors (Lipinski definition) is 1. The normalized spacial score (nSPS) is 11.9. The van der Waals surface area contributed by atoms with E-state index in [9.17, 15) is 0 Å². The van der Waals surface area contributed by atoms with Crippen LogP contribution >= 0.6 is 0 Å². The van der Waals surface area contributed by atoms with Gasteiger partial charge in [0.15, 0.2) is 0 Å². The lowest BCUT2D eigenvalue weighted by Gasteiger charge is -2.10. The summed E-state index contributed by atoms with van der Waals surface area (Å²) in [5.74, 6) is 0.965. The van der Waals surface area contributed by atoms with Crippen molar-refractivity contribution >= 4 is 0 Å². The summed E-state index contributed by atoms with van der Waals surface area (Å²) in [7, 11) is 0. The van der Waals surface area contributed by atoms with Crippen molar-refractivity contribution in [2.45, 2.75) is 39.0 Å². The second-order valence-corrected chi connectivity index (χ2v) is 3.63. The van der Waals surface area contributed by atoms with Crippen LogP contribution in [-0.4, -0.2) is 10.6 Å². The van der Waals surface area contributed by atoms with Crippen LogP contribution in [0.15, 0.2) is 24.3 Å². The van der Waals surface area contributed by atoms with Gasteiger partial charge in [0, 0.05) is 0 Å². The van der Waals surface area contributed by atoms with Crippen LogP contribution in [0.1, 0.15) is 44.6 Å². The molecule has 2 nitrogen and oxygen atoms in total. The van der Waals surface area contributed by atoms with Gasteiger partial charge in [0.05, 0.1) is 0 Å². The van der Waals surface area contributed by atoms with Gasteiger partial charge in [-0.05, 0) is 30.0 Å². The second kappa shape index (κ2) is 6.44. The van der Waals surface area contributed by atoms with Gasteiger partial charge in [-0.1, -0.05) is 38.8 Å². The molecule has 0 fully saturated rings. The highest BCUT2D eigenvalue weighted by molar-refractivity contribution is 5.27. The summed E-state index contributed by atoms with van der Waals surface area (Å²) in [5, 5.41) is 9.11. The van der Waals surface area contributed by atoms with Crippen molar-refractivity contribution in [1.82, 2.24) is 0 Å². The van der Waals surface area contributed by atoms with Gasteiger partial charge < -0.3 is 10.6 Å². The van der Waals surface area contributed by atoms with E-state index in [1.807, 2.05) is 12.1 Å². The van der Waals surface area contributed by atoms with Gasteiger partial charge in [-0.2, -0.15) is 0 Å². The van der Waals surface area contributed by atoms with E-state index in [0.717, 1.165) is 0 Å². The largest absolute Gasteiger partial charge is 0.508 e. The number of phenols is 1. The molecule has 0 spiro atoms. The summed E-state index contributed by atoms with van der Waals surface area (Å²) < 4.78 is 0. The maximum atomic E-state index is 9.11. The van der Waals surface area contributed by atoms with Gasteiger partial charge in [0.25, 0.3) is 0 Å². The van der Waals surface area contributed by atoms with Crippen LogP contribution in [0.4, 0.5) is 0 Å². The average Bonchev–Trinajstić information content (AvgIpc) is 2.15. The van der Waals surface area contributed by atoms with E-state index < -0.39 is 0 Å². The number of unbranched alkanes of at least 4 members (excludes halogenated alkanes) is 1. The molecule has 0 aliphatic carbocycles. The van der Waals surface area contributed by atoms with E-state index >= 15 is 0 Å². The van der Waals surface area contributed by atoms with Crippen molar-refractivity contribution < 1.29 is 10.6 Å². The fourth-order valence-electron chi connectivity index (χ4n) is 1.48. The number of aromatic hydroxyl groups is 1. The van der Waals surface area contributed by atoms with Crippen LogP contribution in [0.5, 0.6) is 5.75 Å². The molecule has 3 N–H and O–H groups in total. The number of phenolic OH excluding ortho intramolecular Hbond substituents is 1. The molecule has 2 heteroatoms. The van der Waals surface area contributed by atoms with Gasteiger partial charge in [-0.25, -0.2) is 0 Å². The first-order chi connectivity index (χ1) is 6.24. The van der Waals surface area contributed by atoms with Gasteiger partial charge in [-0.3, -0.25) is 0 Å². The Morgan fingerprint density at radius 1 is 1.21 bits per heavy atom. The lowest BCUT2D eigenvalue weighted by atomic mass is 9.96. The number of benzene rings is 1. The summed E-state index contributed by atoms with van der Waals surface area (Å²) in [6.45, 7) is 4.45. The van der Waals surface area contributed by atoms with Crippen molar-refractivity contribution in [3.63, 3.8) is 0 Å². The zero-order valence-corrected chi connectivity index (χ0v) is 8.96. The van der Waals surface area contributed by atoms with E-state index in [4.69, 9.17) is 5.11 Å². The Balaban J connectivity index is 0.00000169. The minimum atomic E-state index is 0. The smallest absolute Gasteiger partial charge is 0.115 e. The van der Waals surface area contributed by atoms with E-state index in [2.05, 4.69) is 13.8 Å². The highest BCUT2D eigenvalue weighted by Gasteiger charge is 2.03. The molecule has 14 heavy (non-hydrogen) atoms. The molecule has 1 unspecified atom stereocenters. The van der Waals surface area contributed by atoms with Crippen LogP contribution in [0.2, 0.25) is 0 Å². The van der Waals surface area contributed by atoms with E-state index in [-0.39, 0.29) is 5.48 Å². The second-order valence-electron chi connectivity index (χ2n) is 3.63. The molecule has 80 valence electrons. The Morgan fingerprint density at radius 2 is 1.79 bits per heavy atom. The van der Waals surface area contributed by atoms with E-state index in [1.165, 1.54) is 24.8 Å². The van der Waals surface area contributed by atoms with E-state index in [0.29, 0.717) is 11.7 Å². The Morgan fingerprint density at radius 3 is 2.29 bits per heavy atom. The maximum absolute atomic E-state index is 9.11. The van der Waals surface area contributed by atoms with Crippen molar-refractivity contribution in [2.75, 3.05) is 0 Å². The zero-order valence-electron chi connectivity index (χ0n) is 8.96. The van der Waals surface area contributed by atoms with Crippen molar-refractivity contribution in [1.29, 1.82) is 0 Å². The standard InChI is InChI=1S/C12H18O.H2O/c1-3-4-5-10(2)11-6-8-12(13)9-7-11;/h6-10,13H,3-5H2,1-2H3;1H2. The molecule has 0 aromatic heterocycles. The van der Waals surface area contributed by atoms with E-state index in [1.54, 1.807) is 12.1 Å². The van der Waals surface area contributed by atoms with Gasteiger partial charge >= 0.3 is 0 Å². The van der Waals surface area contributed by atoms with Gasteiger partial charge in [-0.15, -0.1) is 0 Å². The average molecular weight is 196 g/mol. The van der Waals surface area contributed by atoms with Crippen LogP contribution in [0.3, 0.4) is 0 Å². The Kier molecular flexibility index (Phi) is 5.97. The summed E-state index contributed by atoms with van der Waals surface area (Å²) in [6, 6.07) is 7.54. The van der Waals surface area contributed by atoms with Gasteiger partial charge in [0.1, 0.15) is 5.75 Å². The minimum absolute atomic E-state index is 0. The predicted octanol–water partition coefficient (Wildman–Crippen LogP) is 2.86. The molecular weight excluding hydrogens is 176 g/mol. The minimum Gasteiger partial charge on any atom is -0.508 e. The highest BCUT2D eigenvalue weighted by atomic mass is 16.3. The topological polar surface area (TPSA) is 51.7 Å². The first-order valence-electron chi connectivity index (χ1n) is 5.03. The van der Waals surface area contributed by atoms with Crippen molar-refractivity contribution in [3.8, 4) is 5.75 Å².